The maximum Gasteiger partial charge on any atom is 0.227 e. The topological polar surface area (TPSA) is 49.0 Å². The Labute approximate surface area is 186 Å². The molecule has 0 aliphatic carbocycles. The molecule has 0 bridgehead atoms. The fraction of sp³-hybridized carbons (Fsp3) is 0.231. The van der Waals surface area contributed by atoms with E-state index in [0.29, 0.717) is 6.42 Å². The van der Waals surface area contributed by atoms with E-state index in [4.69, 9.17) is 16.6 Å². The number of rotatable bonds is 5. The predicted octanol–water partition coefficient (Wildman–Crippen LogP) is 5.71. The Bertz CT molecular complexity index is 1210. The van der Waals surface area contributed by atoms with Gasteiger partial charge in [-0.15, -0.1) is 0 Å². The van der Waals surface area contributed by atoms with Gasteiger partial charge in [0.25, 0.3) is 0 Å². The van der Waals surface area contributed by atoms with Crippen LogP contribution < -0.4 is 0 Å². The number of nitrogens with one attached hydrogen (secondary N) is 1. The van der Waals surface area contributed by atoms with Crippen LogP contribution in [0.1, 0.15) is 41.4 Å². The van der Waals surface area contributed by atoms with Gasteiger partial charge < -0.3 is 9.88 Å². The molecule has 5 rings (SSSR count). The van der Waals surface area contributed by atoms with Crippen LogP contribution in [0.2, 0.25) is 5.02 Å². The van der Waals surface area contributed by atoms with E-state index in [9.17, 15) is 4.79 Å². The van der Waals surface area contributed by atoms with Crippen LogP contribution in [0.4, 0.5) is 0 Å². The lowest BCUT2D eigenvalue weighted by atomic mass is 10.1. The summed E-state index contributed by atoms with van der Waals surface area (Å²) in [6.07, 6.45) is 5.08. The number of aromatic nitrogens is 2. The number of para-hydroxylation sites is 1. The zero-order chi connectivity index (χ0) is 21.2. The second-order valence-corrected chi connectivity index (χ2v) is 8.57. The van der Waals surface area contributed by atoms with Crippen molar-refractivity contribution in [3.8, 4) is 0 Å². The number of carbonyl (C=O) groups is 1. The van der Waals surface area contributed by atoms with Crippen molar-refractivity contribution >= 4 is 28.4 Å². The zero-order valence-corrected chi connectivity index (χ0v) is 18.0. The van der Waals surface area contributed by atoms with Gasteiger partial charge in [-0.3, -0.25) is 9.78 Å². The lowest BCUT2D eigenvalue weighted by molar-refractivity contribution is -0.131. The number of pyridine rings is 1. The first-order valence-electron chi connectivity index (χ1n) is 10.7. The van der Waals surface area contributed by atoms with Crippen molar-refractivity contribution in [1.82, 2.24) is 14.9 Å². The molecule has 2 aromatic carbocycles. The summed E-state index contributed by atoms with van der Waals surface area (Å²) in [5.74, 6) is 0.164. The average molecular weight is 430 g/mol. The van der Waals surface area contributed by atoms with Crippen LogP contribution >= 0.6 is 11.6 Å². The Morgan fingerprint density at radius 2 is 1.90 bits per heavy atom. The fourth-order valence-electron chi connectivity index (χ4n) is 4.51. The van der Waals surface area contributed by atoms with Crippen LogP contribution in [0.25, 0.3) is 10.9 Å². The number of halogens is 1. The van der Waals surface area contributed by atoms with Crippen molar-refractivity contribution in [2.24, 2.45) is 0 Å². The number of H-pyrrole nitrogens is 1. The van der Waals surface area contributed by atoms with Gasteiger partial charge in [0, 0.05) is 40.8 Å². The Kier molecular flexibility index (Phi) is 5.47. The van der Waals surface area contributed by atoms with Gasteiger partial charge in [-0.05, 0) is 54.3 Å². The highest BCUT2D eigenvalue weighted by Gasteiger charge is 2.31. The molecule has 1 unspecified atom stereocenters. The number of hydrogen-bond acceptors (Lipinski definition) is 2. The van der Waals surface area contributed by atoms with Gasteiger partial charge in [0.1, 0.15) is 0 Å². The first-order valence-corrected chi connectivity index (χ1v) is 11.1. The van der Waals surface area contributed by atoms with Gasteiger partial charge >= 0.3 is 0 Å². The van der Waals surface area contributed by atoms with E-state index in [1.54, 1.807) is 0 Å². The van der Waals surface area contributed by atoms with Gasteiger partial charge in [-0.1, -0.05) is 48.0 Å². The molecule has 0 saturated carbocycles. The second kappa shape index (κ2) is 8.56. The molecule has 4 aromatic rings. The Morgan fingerprint density at radius 3 is 2.77 bits per heavy atom. The summed E-state index contributed by atoms with van der Waals surface area (Å²) in [6, 6.07) is 22.2. The Hall–Kier alpha value is -3.11. The Morgan fingerprint density at radius 1 is 1.06 bits per heavy atom. The smallest absolute Gasteiger partial charge is 0.227 e. The molecule has 156 valence electrons. The van der Waals surface area contributed by atoms with Crippen LogP contribution in [0.15, 0.2) is 72.9 Å². The lowest BCUT2D eigenvalue weighted by Gasteiger charge is -2.25. The zero-order valence-electron chi connectivity index (χ0n) is 17.2. The van der Waals surface area contributed by atoms with E-state index in [1.807, 2.05) is 71.8 Å². The van der Waals surface area contributed by atoms with Gasteiger partial charge in [0.2, 0.25) is 5.91 Å². The molecule has 31 heavy (non-hydrogen) atoms. The maximum absolute atomic E-state index is 13.2. The molecular weight excluding hydrogens is 406 g/mol. The van der Waals surface area contributed by atoms with Gasteiger partial charge in [0.05, 0.1) is 18.2 Å². The summed E-state index contributed by atoms with van der Waals surface area (Å²) in [5, 5.41) is 1.86. The molecule has 1 fully saturated rings. The fourth-order valence-corrected chi connectivity index (χ4v) is 4.63. The van der Waals surface area contributed by atoms with E-state index in [-0.39, 0.29) is 11.9 Å². The van der Waals surface area contributed by atoms with E-state index in [0.717, 1.165) is 58.7 Å². The average Bonchev–Trinajstić information content (AvgIpc) is 3.43. The van der Waals surface area contributed by atoms with Crippen molar-refractivity contribution in [2.45, 2.75) is 31.7 Å². The number of aromatic amines is 1. The number of hydrogen-bond donors (Lipinski definition) is 1. The van der Waals surface area contributed by atoms with Crippen molar-refractivity contribution in [3.63, 3.8) is 0 Å². The molecule has 0 radical (unpaired) electrons. The summed E-state index contributed by atoms with van der Waals surface area (Å²) < 4.78 is 0. The summed E-state index contributed by atoms with van der Waals surface area (Å²) in [7, 11) is 0. The molecule has 3 heterocycles. The monoisotopic (exact) mass is 429 g/mol. The second-order valence-electron chi connectivity index (χ2n) is 8.14. The normalized spacial score (nSPS) is 16.2. The maximum atomic E-state index is 13.2. The highest BCUT2D eigenvalue weighted by Crippen LogP contribution is 2.32. The van der Waals surface area contributed by atoms with E-state index >= 15 is 0 Å². The predicted molar refractivity (Wildman–Crippen MR) is 124 cm³/mol. The summed E-state index contributed by atoms with van der Waals surface area (Å²) in [4.78, 5) is 23.4. The van der Waals surface area contributed by atoms with Crippen molar-refractivity contribution in [2.75, 3.05) is 6.54 Å². The van der Waals surface area contributed by atoms with E-state index in [1.165, 1.54) is 5.56 Å². The summed E-state index contributed by atoms with van der Waals surface area (Å²) in [5.41, 5.74) is 5.29. The van der Waals surface area contributed by atoms with Gasteiger partial charge in [-0.25, -0.2) is 0 Å². The number of benzene rings is 2. The van der Waals surface area contributed by atoms with Crippen molar-refractivity contribution < 1.29 is 4.79 Å². The first kappa shape index (κ1) is 19.8. The number of fused-ring (bicyclic) bond motifs is 1. The molecule has 1 saturated heterocycles. The SMILES string of the molecule is O=C(Cc1c[nH]c2ccccc12)N1CCCC1c1cccc(Cc2ccc(Cl)cc2)n1. The summed E-state index contributed by atoms with van der Waals surface area (Å²) in [6.45, 7) is 0.787. The standard InChI is InChI=1S/C26H24ClN3O/c27-20-12-10-18(11-13-20)15-21-5-3-8-24(29-21)25-9-4-14-30(25)26(31)16-19-17-28-23-7-2-1-6-22(19)23/h1-3,5-8,10-13,17,25,28H,4,9,14-16H2. The van der Waals surface area contributed by atoms with Gasteiger partial charge in [-0.2, -0.15) is 0 Å². The van der Waals surface area contributed by atoms with Crippen molar-refractivity contribution in [1.29, 1.82) is 0 Å². The molecule has 1 N–H and O–H groups in total. The van der Waals surface area contributed by atoms with Crippen LogP contribution in [-0.4, -0.2) is 27.3 Å². The molecule has 1 aliphatic rings. The minimum absolute atomic E-state index is 0.0443. The molecule has 4 nitrogen and oxygen atoms in total. The lowest BCUT2D eigenvalue weighted by Crippen LogP contribution is -2.32. The highest BCUT2D eigenvalue weighted by atomic mass is 35.5. The molecule has 5 heteroatoms. The van der Waals surface area contributed by atoms with Crippen molar-refractivity contribution in [3.05, 3.63) is 100 Å². The molecule has 1 atom stereocenters. The number of carbonyl (C=O) groups excluding carboxylic acids is 1. The molecule has 1 amide bonds. The number of likely N-dealkylation sites (tertiary alicyclic amines) is 1. The Balaban J connectivity index is 1.34. The number of nitrogens with zero attached hydrogens (tertiary/aromatic N) is 2. The van der Waals surface area contributed by atoms with Crippen LogP contribution in [0.3, 0.4) is 0 Å². The third-order valence-corrected chi connectivity index (χ3v) is 6.31. The quantitative estimate of drug-likeness (QED) is 0.441. The number of amides is 1. The third kappa shape index (κ3) is 4.21. The molecule has 0 spiro atoms. The largest absolute Gasteiger partial charge is 0.361 e. The third-order valence-electron chi connectivity index (χ3n) is 6.06. The minimum Gasteiger partial charge on any atom is -0.361 e. The van der Waals surface area contributed by atoms with Crippen LogP contribution in [0, 0.1) is 0 Å². The highest BCUT2D eigenvalue weighted by molar-refractivity contribution is 6.30. The van der Waals surface area contributed by atoms with Crippen LogP contribution in [-0.2, 0) is 17.6 Å². The molecular formula is C26H24ClN3O. The first-order chi connectivity index (χ1) is 15.2. The molecule has 1 aliphatic heterocycles. The summed E-state index contributed by atoms with van der Waals surface area (Å²) >= 11 is 6.00. The van der Waals surface area contributed by atoms with Gasteiger partial charge in [0.15, 0.2) is 0 Å². The van der Waals surface area contributed by atoms with E-state index < -0.39 is 0 Å². The van der Waals surface area contributed by atoms with Crippen LogP contribution in [0.5, 0.6) is 0 Å². The van der Waals surface area contributed by atoms with E-state index in [2.05, 4.69) is 11.1 Å². The minimum atomic E-state index is 0.0443. The molecule has 2 aromatic heterocycles.